The number of benzene rings is 2. The molecule has 1 heterocycles. The predicted octanol–water partition coefficient (Wildman–Crippen LogP) is 3.91. The van der Waals surface area contributed by atoms with Crippen molar-refractivity contribution in [3.8, 4) is 5.69 Å². The fourth-order valence-corrected chi connectivity index (χ4v) is 3.18. The van der Waals surface area contributed by atoms with Crippen molar-refractivity contribution >= 4 is 35.6 Å². The molecule has 0 atom stereocenters. The second-order valence-electron chi connectivity index (χ2n) is 6.29. The Morgan fingerprint density at radius 3 is 2.77 bits per heavy atom. The highest BCUT2D eigenvalue weighted by molar-refractivity contribution is 14.0. The number of nitrogens with zero attached hydrogens (tertiary/aromatic N) is 3. The Kier molecular flexibility index (Phi) is 5.92. The van der Waals surface area contributed by atoms with E-state index in [-0.39, 0.29) is 24.0 Å². The summed E-state index contributed by atoms with van der Waals surface area (Å²) in [4.78, 5) is 4.42. The van der Waals surface area contributed by atoms with Gasteiger partial charge in [-0.15, -0.1) is 24.0 Å². The van der Waals surface area contributed by atoms with Crippen LogP contribution < -0.4 is 11.1 Å². The number of aliphatic imine (C=N–C) groups is 1. The second kappa shape index (κ2) is 8.35. The number of nitrogens with one attached hydrogen (secondary N) is 1. The topological polar surface area (TPSA) is 68.2 Å². The molecule has 5 nitrogen and oxygen atoms in total. The Morgan fingerprint density at radius 1 is 1.12 bits per heavy atom. The quantitative estimate of drug-likeness (QED) is 0.353. The number of halogens is 1. The highest BCUT2D eigenvalue weighted by atomic mass is 127. The molecule has 134 valence electrons. The summed E-state index contributed by atoms with van der Waals surface area (Å²) >= 11 is 0. The summed E-state index contributed by atoms with van der Waals surface area (Å²) in [5.74, 6) is 0.422. The van der Waals surface area contributed by atoms with E-state index in [4.69, 9.17) is 5.73 Å². The largest absolute Gasteiger partial charge is 0.370 e. The van der Waals surface area contributed by atoms with Gasteiger partial charge in [-0.1, -0.05) is 24.3 Å². The molecule has 0 radical (unpaired) electrons. The summed E-state index contributed by atoms with van der Waals surface area (Å²) in [5, 5.41) is 7.55. The number of guanidine groups is 1. The maximum Gasteiger partial charge on any atom is 0.193 e. The zero-order chi connectivity index (χ0) is 17.1. The van der Waals surface area contributed by atoms with Gasteiger partial charge in [-0.2, -0.15) is 5.10 Å². The molecule has 0 fully saturated rings. The number of aromatic nitrogens is 2. The smallest absolute Gasteiger partial charge is 0.193 e. The van der Waals surface area contributed by atoms with Gasteiger partial charge in [0.15, 0.2) is 5.96 Å². The average molecular weight is 459 g/mol. The third-order valence-electron chi connectivity index (χ3n) is 4.46. The highest BCUT2D eigenvalue weighted by Gasteiger charge is 2.10. The molecule has 0 aliphatic heterocycles. The molecule has 0 saturated carbocycles. The van der Waals surface area contributed by atoms with Crippen molar-refractivity contribution in [1.29, 1.82) is 0 Å². The van der Waals surface area contributed by atoms with Crippen molar-refractivity contribution in [2.45, 2.75) is 25.8 Å². The number of anilines is 1. The molecule has 0 unspecified atom stereocenters. The first-order chi connectivity index (χ1) is 12.3. The van der Waals surface area contributed by atoms with Crippen LogP contribution in [0.1, 0.15) is 23.1 Å². The van der Waals surface area contributed by atoms with E-state index in [1.165, 1.54) is 24.0 Å². The van der Waals surface area contributed by atoms with Gasteiger partial charge in [0.05, 0.1) is 18.4 Å². The SMILES string of the molecule is I.NC(=NCc1cnn(-c2ccccc2)c1)Nc1ccc2c(c1)CCC2. The first-order valence-electron chi connectivity index (χ1n) is 8.56. The molecular formula is C20H22IN5. The minimum absolute atomic E-state index is 0. The highest BCUT2D eigenvalue weighted by Crippen LogP contribution is 2.24. The Morgan fingerprint density at radius 2 is 1.92 bits per heavy atom. The fourth-order valence-electron chi connectivity index (χ4n) is 3.18. The van der Waals surface area contributed by atoms with Gasteiger partial charge in [0.1, 0.15) is 0 Å². The number of aryl methyl sites for hydroxylation is 2. The van der Waals surface area contributed by atoms with Crippen LogP contribution in [0.2, 0.25) is 0 Å². The maximum absolute atomic E-state index is 6.03. The number of para-hydroxylation sites is 1. The lowest BCUT2D eigenvalue weighted by molar-refractivity contribution is 0.879. The number of hydrogen-bond acceptors (Lipinski definition) is 2. The van der Waals surface area contributed by atoms with Crippen LogP contribution in [-0.4, -0.2) is 15.7 Å². The van der Waals surface area contributed by atoms with E-state index in [1.807, 2.05) is 47.4 Å². The van der Waals surface area contributed by atoms with Crippen LogP contribution >= 0.6 is 24.0 Å². The lowest BCUT2D eigenvalue weighted by atomic mass is 10.1. The normalized spacial score (nSPS) is 13.2. The Bertz CT molecular complexity index is 902. The Balaban J connectivity index is 0.00000196. The standard InChI is InChI=1S/C20H21N5.HI/c21-20(24-18-10-9-16-5-4-6-17(16)11-18)22-12-15-13-23-25(14-15)19-7-2-1-3-8-19;/h1-3,7-11,13-14H,4-6,12H2,(H3,21,22,24);1H. The van der Waals surface area contributed by atoms with E-state index < -0.39 is 0 Å². The van der Waals surface area contributed by atoms with Crippen LogP contribution in [0.4, 0.5) is 5.69 Å². The van der Waals surface area contributed by atoms with Crippen molar-refractivity contribution in [3.05, 3.63) is 77.6 Å². The van der Waals surface area contributed by atoms with Gasteiger partial charge in [-0.05, 0) is 54.7 Å². The van der Waals surface area contributed by atoms with Crippen LogP contribution in [0.15, 0.2) is 65.9 Å². The van der Waals surface area contributed by atoms with Crippen molar-refractivity contribution in [2.75, 3.05) is 5.32 Å². The molecule has 1 aromatic heterocycles. The molecule has 3 N–H and O–H groups in total. The van der Waals surface area contributed by atoms with Gasteiger partial charge in [0.2, 0.25) is 0 Å². The van der Waals surface area contributed by atoms with Crippen molar-refractivity contribution < 1.29 is 0 Å². The van der Waals surface area contributed by atoms with Gasteiger partial charge < -0.3 is 11.1 Å². The molecule has 1 aliphatic carbocycles. The molecule has 0 saturated heterocycles. The zero-order valence-corrected chi connectivity index (χ0v) is 16.8. The number of fused-ring (bicyclic) bond motifs is 1. The van der Waals surface area contributed by atoms with Crippen LogP contribution in [-0.2, 0) is 19.4 Å². The number of rotatable bonds is 4. The molecule has 0 spiro atoms. The third kappa shape index (κ3) is 4.24. The molecular weight excluding hydrogens is 437 g/mol. The average Bonchev–Trinajstić information content (AvgIpc) is 3.30. The summed E-state index contributed by atoms with van der Waals surface area (Å²) in [7, 11) is 0. The van der Waals surface area contributed by atoms with Gasteiger partial charge in [-0.25, -0.2) is 9.67 Å². The number of nitrogens with two attached hydrogens (primary N) is 1. The van der Waals surface area contributed by atoms with Crippen LogP contribution in [0.25, 0.3) is 5.69 Å². The molecule has 26 heavy (non-hydrogen) atoms. The minimum atomic E-state index is 0. The van der Waals surface area contributed by atoms with Gasteiger partial charge in [0, 0.05) is 17.4 Å². The lowest BCUT2D eigenvalue weighted by Gasteiger charge is -2.07. The fraction of sp³-hybridized carbons (Fsp3) is 0.200. The Labute approximate surface area is 170 Å². The van der Waals surface area contributed by atoms with E-state index in [0.717, 1.165) is 23.4 Å². The van der Waals surface area contributed by atoms with Gasteiger partial charge >= 0.3 is 0 Å². The molecule has 4 rings (SSSR count). The van der Waals surface area contributed by atoms with E-state index in [2.05, 4.69) is 33.6 Å². The third-order valence-corrected chi connectivity index (χ3v) is 4.46. The van der Waals surface area contributed by atoms with E-state index in [9.17, 15) is 0 Å². The van der Waals surface area contributed by atoms with E-state index >= 15 is 0 Å². The molecule has 0 amide bonds. The van der Waals surface area contributed by atoms with Crippen LogP contribution in [0.5, 0.6) is 0 Å². The van der Waals surface area contributed by atoms with Crippen LogP contribution in [0, 0.1) is 0 Å². The van der Waals surface area contributed by atoms with Crippen molar-refractivity contribution in [1.82, 2.24) is 9.78 Å². The summed E-state index contributed by atoms with van der Waals surface area (Å²) in [6.45, 7) is 0.497. The first kappa shape index (κ1) is 18.4. The molecule has 3 aromatic rings. The first-order valence-corrected chi connectivity index (χ1v) is 8.56. The lowest BCUT2D eigenvalue weighted by Crippen LogP contribution is -2.22. The Hall–Kier alpha value is -2.35. The van der Waals surface area contributed by atoms with E-state index in [1.54, 1.807) is 0 Å². The summed E-state index contributed by atoms with van der Waals surface area (Å²) in [6, 6.07) is 16.4. The number of hydrogen-bond donors (Lipinski definition) is 2. The minimum Gasteiger partial charge on any atom is -0.370 e. The molecule has 0 bridgehead atoms. The monoisotopic (exact) mass is 459 g/mol. The second-order valence-corrected chi connectivity index (χ2v) is 6.29. The van der Waals surface area contributed by atoms with Crippen molar-refractivity contribution in [2.24, 2.45) is 10.7 Å². The molecule has 6 heteroatoms. The predicted molar refractivity (Wildman–Crippen MR) is 116 cm³/mol. The van der Waals surface area contributed by atoms with Gasteiger partial charge in [-0.3, -0.25) is 0 Å². The summed E-state index contributed by atoms with van der Waals surface area (Å²) < 4.78 is 1.84. The summed E-state index contributed by atoms with van der Waals surface area (Å²) in [6.07, 6.45) is 7.37. The van der Waals surface area contributed by atoms with E-state index in [0.29, 0.717) is 12.5 Å². The van der Waals surface area contributed by atoms with Gasteiger partial charge in [0.25, 0.3) is 0 Å². The zero-order valence-electron chi connectivity index (χ0n) is 14.4. The summed E-state index contributed by atoms with van der Waals surface area (Å²) in [5.41, 5.74) is 11.9. The molecule has 2 aromatic carbocycles. The maximum atomic E-state index is 6.03. The molecule has 1 aliphatic rings. The van der Waals surface area contributed by atoms with Crippen LogP contribution in [0.3, 0.4) is 0 Å². The van der Waals surface area contributed by atoms with Crippen molar-refractivity contribution in [3.63, 3.8) is 0 Å².